The van der Waals surface area contributed by atoms with Crippen molar-refractivity contribution in [3.8, 4) is 5.75 Å². The molecule has 302 valence electrons. The molecule has 0 aliphatic rings. The van der Waals surface area contributed by atoms with E-state index in [2.05, 4.69) is 5.32 Å². The van der Waals surface area contributed by atoms with Gasteiger partial charge in [-0.05, 0) is 58.9 Å². The van der Waals surface area contributed by atoms with E-state index in [1.807, 2.05) is 135 Å². The fourth-order valence-corrected chi connectivity index (χ4v) is 10.6. The Balaban J connectivity index is 1.40. The molecular weight excluding hydrogens is 759 g/mol. The van der Waals surface area contributed by atoms with Crippen LogP contribution in [-0.2, 0) is 37.8 Å². The average molecular weight is 812 g/mol. The lowest BCUT2D eigenvalue weighted by atomic mass is 9.98. The quantitative estimate of drug-likeness (QED) is 0.0896. The lowest BCUT2D eigenvalue weighted by molar-refractivity contribution is -0.124. The molecule has 10 nitrogen and oxygen atoms in total. The summed E-state index contributed by atoms with van der Waals surface area (Å²) >= 11 is 0. The van der Waals surface area contributed by atoms with Crippen LogP contribution in [0.15, 0.2) is 150 Å². The van der Waals surface area contributed by atoms with Gasteiger partial charge in [0.1, 0.15) is 5.75 Å². The summed E-state index contributed by atoms with van der Waals surface area (Å²) < 4.78 is 65.7. The van der Waals surface area contributed by atoms with Gasteiger partial charge in [0, 0.05) is 19.6 Å². The van der Waals surface area contributed by atoms with Crippen LogP contribution in [0.3, 0.4) is 0 Å². The van der Waals surface area contributed by atoms with E-state index < -0.39 is 55.8 Å². The second kappa shape index (κ2) is 20.0. The molecule has 5 aromatic carbocycles. The van der Waals surface area contributed by atoms with Crippen molar-refractivity contribution in [1.29, 1.82) is 0 Å². The summed E-state index contributed by atoms with van der Waals surface area (Å²) in [5, 5.41) is 14.6. The van der Waals surface area contributed by atoms with Crippen LogP contribution in [-0.4, -0.2) is 74.6 Å². The minimum absolute atomic E-state index is 0.0430. The zero-order valence-corrected chi connectivity index (χ0v) is 34.5. The van der Waals surface area contributed by atoms with E-state index in [0.717, 1.165) is 22.3 Å². The highest BCUT2D eigenvalue weighted by atomic mass is 32.2. The molecule has 5 aromatic rings. The molecule has 0 heterocycles. The molecular formula is C45H53N3O7S2. The van der Waals surface area contributed by atoms with E-state index in [0.29, 0.717) is 5.75 Å². The van der Waals surface area contributed by atoms with Crippen molar-refractivity contribution in [3.05, 3.63) is 168 Å². The van der Waals surface area contributed by atoms with Crippen LogP contribution < -0.4 is 10.1 Å². The summed E-state index contributed by atoms with van der Waals surface area (Å²) in [6, 6.07) is 41.8. The monoisotopic (exact) mass is 811 g/mol. The number of hydrogen-bond donors (Lipinski definition) is 2. The fraction of sp³-hybridized carbons (Fsp3) is 0.311. The van der Waals surface area contributed by atoms with Gasteiger partial charge in [0.15, 0.2) is 0 Å². The maximum atomic E-state index is 14.6. The van der Waals surface area contributed by atoms with Gasteiger partial charge >= 0.3 is 0 Å². The van der Waals surface area contributed by atoms with Crippen LogP contribution in [0.4, 0.5) is 0 Å². The van der Waals surface area contributed by atoms with Crippen molar-refractivity contribution in [2.24, 2.45) is 11.8 Å². The summed E-state index contributed by atoms with van der Waals surface area (Å²) in [5.41, 5.74) is 3.15. The molecule has 0 spiro atoms. The summed E-state index contributed by atoms with van der Waals surface area (Å²) in [5.74, 6) is -1.70. The predicted molar refractivity (Wildman–Crippen MR) is 224 cm³/mol. The first-order valence-electron chi connectivity index (χ1n) is 19.1. The molecule has 2 N–H and O–H groups in total. The molecule has 3 atom stereocenters. The standard InChI is InChI=1S/C45H53N3O7S2/c1-34(2)31-47(57(53,54)41-27-25-40(55-4)26-28-41)42(29-36-17-9-5-10-18-36)43(49)30-46-45(50)35(3)33-56(51,52)48(32-37-19-11-6-12-20-37)44(38-21-13-7-14-22-38)39-23-15-8-16-24-39/h5-28,34-35,42-44,49H,29-33H2,1-4H3,(H,46,50)/t35-,42?,43+/m0/s1. The molecule has 57 heavy (non-hydrogen) atoms. The van der Waals surface area contributed by atoms with Crippen LogP contribution in [0.2, 0.25) is 0 Å². The lowest BCUT2D eigenvalue weighted by Crippen LogP contribution is -2.53. The number of benzene rings is 5. The van der Waals surface area contributed by atoms with Gasteiger partial charge in [0.25, 0.3) is 0 Å². The zero-order valence-electron chi connectivity index (χ0n) is 32.9. The Morgan fingerprint density at radius 3 is 1.67 bits per heavy atom. The number of nitrogens with one attached hydrogen (secondary N) is 1. The number of aliphatic hydroxyl groups excluding tert-OH is 1. The smallest absolute Gasteiger partial charge is 0.243 e. The second-order valence-electron chi connectivity index (χ2n) is 14.6. The normalized spacial score (nSPS) is 13.8. The Morgan fingerprint density at radius 1 is 0.684 bits per heavy atom. The molecule has 5 rings (SSSR count). The van der Waals surface area contributed by atoms with Crippen LogP contribution >= 0.6 is 0 Å². The number of rotatable bonds is 20. The minimum Gasteiger partial charge on any atom is -0.497 e. The molecule has 0 fully saturated rings. The molecule has 0 aliphatic heterocycles. The number of carbonyl (C=O) groups is 1. The lowest BCUT2D eigenvalue weighted by Gasteiger charge is -2.35. The van der Waals surface area contributed by atoms with Crippen LogP contribution in [0.1, 0.15) is 49.1 Å². The van der Waals surface area contributed by atoms with E-state index in [-0.39, 0.29) is 36.9 Å². The second-order valence-corrected chi connectivity index (χ2v) is 18.5. The molecule has 0 aromatic heterocycles. The topological polar surface area (TPSA) is 133 Å². The number of hydrogen-bond acceptors (Lipinski definition) is 7. The Bertz CT molecular complexity index is 2170. The summed E-state index contributed by atoms with van der Waals surface area (Å²) in [7, 11) is -6.76. The van der Waals surface area contributed by atoms with E-state index in [9.17, 15) is 26.7 Å². The van der Waals surface area contributed by atoms with Gasteiger partial charge in [-0.15, -0.1) is 0 Å². The third-order valence-electron chi connectivity index (χ3n) is 9.76. The van der Waals surface area contributed by atoms with E-state index >= 15 is 0 Å². The SMILES string of the molecule is COc1ccc(S(=O)(=O)N(CC(C)C)C(Cc2ccccc2)[C@H](O)CNC(=O)[C@@H](C)CS(=O)(=O)N(Cc2ccccc2)C(c2ccccc2)c2ccccc2)cc1. The minimum atomic E-state index is -4.13. The fourth-order valence-electron chi connectivity index (χ4n) is 6.85. The number of sulfonamides is 2. The largest absolute Gasteiger partial charge is 0.497 e. The van der Waals surface area contributed by atoms with Crippen molar-refractivity contribution >= 4 is 26.0 Å². The Labute approximate surface area is 338 Å². The maximum absolute atomic E-state index is 14.6. The summed E-state index contributed by atoms with van der Waals surface area (Å²) in [6.07, 6.45) is -1.18. The molecule has 1 unspecified atom stereocenters. The Morgan fingerprint density at radius 2 is 1.18 bits per heavy atom. The number of aliphatic hydroxyl groups is 1. The third-order valence-corrected chi connectivity index (χ3v) is 13.6. The van der Waals surface area contributed by atoms with Crippen LogP contribution in [0.25, 0.3) is 0 Å². The number of carbonyl (C=O) groups excluding carboxylic acids is 1. The first kappa shape index (κ1) is 43.3. The first-order chi connectivity index (χ1) is 27.3. The van der Waals surface area contributed by atoms with E-state index in [1.54, 1.807) is 19.1 Å². The van der Waals surface area contributed by atoms with Crippen LogP contribution in [0.5, 0.6) is 5.75 Å². The van der Waals surface area contributed by atoms with Gasteiger partial charge in [-0.1, -0.05) is 142 Å². The number of ether oxygens (including phenoxy) is 1. The van der Waals surface area contributed by atoms with Crippen molar-refractivity contribution in [2.45, 2.75) is 56.8 Å². The van der Waals surface area contributed by atoms with Crippen molar-refractivity contribution < 1.29 is 31.5 Å². The summed E-state index contributed by atoms with van der Waals surface area (Å²) in [4.78, 5) is 13.8. The van der Waals surface area contributed by atoms with Gasteiger partial charge in [0.2, 0.25) is 26.0 Å². The summed E-state index contributed by atoms with van der Waals surface area (Å²) in [6.45, 7) is 5.20. The number of nitrogens with zero attached hydrogens (tertiary/aromatic N) is 2. The molecule has 1 amide bonds. The molecule has 0 bridgehead atoms. The van der Waals surface area contributed by atoms with E-state index in [4.69, 9.17) is 4.74 Å². The van der Waals surface area contributed by atoms with Gasteiger partial charge in [0.05, 0.1) is 41.9 Å². The predicted octanol–water partition coefficient (Wildman–Crippen LogP) is 6.69. The Hall–Kier alpha value is -4.85. The van der Waals surface area contributed by atoms with Crippen molar-refractivity contribution in [1.82, 2.24) is 13.9 Å². The van der Waals surface area contributed by atoms with Gasteiger partial charge in [-0.25, -0.2) is 16.8 Å². The van der Waals surface area contributed by atoms with Gasteiger partial charge in [-0.2, -0.15) is 8.61 Å². The van der Waals surface area contributed by atoms with Crippen LogP contribution in [0, 0.1) is 11.8 Å². The van der Waals surface area contributed by atoms with Gasteiger partial charge < -0.3 is 15.2 Å². The molecule has 0 saturated carbocycles. The molecule has 0 aliphatic carbocycles. The third kappa shape index (κ3) is 11.6. The highest BCUT2D eigenvalue weighted by Gasteiger charge is 2.38. The number of amides is 1. The average Bonchev–Trinajstić information content (AvgIpc) is 3.22. The van der Waals surface area contributed by atoms with Crippen molar-refractivity contribution in [3.63, 3.8) is 0 Å². The highest BCUT2D eigenvalue weighted by Crippen LogP contribution is 2.33. The molecule has 12 heteroatoms. The molecule has 0 radical (unpaired) electrons. The zero-order chi connectivity index (χ0) is 41.0. The van der Waals surface area contributed by atoms with E-state index in [1.165, 1.54) is 27.9 Å². The number of methoxy groups -OCH3 is 1. The maximum Gasteiger partial charge on any atom is 0.243 e. The van der Waals surface area contributed by atoms with Gasteiger partial charge in [-0.3, -0.25) is 4.79 Å². The molecule has 0 saturated heterocycles. The van der Waals surface area contributed by atoms with Crippen molar-refractivity contribution in [2.75, 3.05) is 26.0 Å². The first-order valence-corrected chi connectivity index (χ1v) is 22.1. The highest BCUT2D eigenvalue weighted by molar-refractivity contribution is 7.89. The Kier molecular flexibility index (Phi) is 15.2.